The third-order valence-corrected chi connectivity index (χ3v) is 11.9. The first-order valence-corrected chi connectivity index (χ1v) is 19.9. The molecule has 57 heavy (non-hydrogen) atoms. The molecule has 1 saturated heterocycles. The molecular formula is C44H58N2O11+2. The minimum absolute atomic E-state index is 0.0222. The number of likely N-dealkylation sites (N-methyl/N-ethyl adjacent to an activating group) is 1. The Labute approximate surface area is 335 Å². The van der Waals surface area contributed by atoms with Crippen LogP contribution in [-0.2, 0) is 51.7 Å². The van der Waals surface area contributed by atoms with Crippen LogP contribution in [0.4, 0.5) is 0 Å². The molecule has 0 unspecified atom stereocenters. The van der Waals surface area contributed by atoms with Gasteiger partial charge in [-0.2, -0.15) is 0 Å². The fourth-order valence-electron chi connectivity index (χ4n) is 8.82. The molecule has 0 amide bonds. The van der Waals surface area contributed by atoms with Crippen molar-refractivity contribution >= 4 is 11.9 Å². The average molecular weight is 791 g/mol. The van der Waals surface area contributed by atoms with E-state index in [1.54, 1.807) is 21.3 Å². The molecular weight excluding hydrogens is 732 g/mol. The summed E-state index contributed by atoms with van der Waals surface area (Å²) in [6, 6.07) is 14.1. The lowest BCUT2D eigenvalue weighted by Crippen LogP contribution is -2.52. The van der Waals surface area contributed by atoms with Gasteiger partial charge in [-0.3, -0.25) is 0 Å². The van der Waals surface area contributed by atoms with Crippen molar-refractivity contribution in [1.82, 2.24) is 0 Å². The fraction of sp³-hybridized carbons (Fsp3) is 0.500. The van der Waals surface area contributed by atoms with Gasteiger partial charge in [0.15, 0.2) is 23.0 Å². The molecule has 13 heteroatoms. The Morgan fingerprint density at radius 2 is 1.40 bits per heavy atom. The second-order valence-electron chi connectivity index (χ2n) is 15.5. The number of fused-ring (bicyclic) bond motifs is 2. The Bertz CT molecular complexity index is 1880. The van der Waals surface area contributed by atoms with Crippen molar-refractivity contribution in [2.75, 3.05) is 81.1 Å². The maximum absolute atomic E-state index is 12.6. The van der Waals surface area contributed by atoms with Crippen molar-refractivity contribution < 1.29 is 61.9 Å². The maximum atomic E-state index is 12.6. The summed E-state index contributed by atoms with van der Waals surface area (Å²) >= 11 is 0. The predicted molar refractivity (Wildman–Crippen MR) is 211 cm³/mol. The van der Waals surface area contributed by atoms with Crippen molar-refractivity contribution in [3.63, 3.8) is 0 Å². The Balaban J connectivity index is 1.01. The number of rotatable bonds is 19. The van der Waals surface area contributed by atoms with Crippen LogP contribution in [-0.4, -0.2) is 112 Å². The smallest absolute Gasteiger partial charge is 0.331 e. The van der Waals surface area contributed by atoms with Gasteiger partial charge in [0.25, 0.3) is 0 Å². The van der Waals surface area contributed by atoms with E-state index in [2.05, 4.69) is 19.2 Å². The van der Waals surface area contributed by atoms with Gasteiger partial charge in [-0.15, -0.1) is 0 Å². The fourth-order valence-corrected chi connectivity index (χ4v) is 8.82. The number of nitrogens with zero attached hydrogens (tertiary/aromatic N) is 2. The normalized spacial score (nSPS) is 19.3. The number of benzene rings is 3. The summed E-state index contributed by atoms with van der Waals surface area (Å²) < 4.78 is 40.5. The highest BCUT2D eigenvalue weighted by molar-refractivity contribution is 5.91. The Kier molecular flexibility index (Phi) is 14.0. The quantitative estimate of drug-likeness (QED) is 0.0739. The number of aliphatic hydroxyl groups excluding tert-OH is 2. The lowest BCUT2D eigenvalue weighted by molar-refractivity contribution is -0.941. The van der Waals surface area contributed by atoms with E-state index in [1.165, 1.54) is 18.4 Å². The van der Waals surface area contributed by atoms with Crippen molar-refractivity contribution in [2.24, 2.45) is 0 Å². The summed E-state index contributed by atoms with van der Waals surface area (Å²) in [7, 11) is 6.97. The second kappa shape index (κ2) is 19.1. The van der Waals surface area contributed by atoms with Crippen molar-refractivity contribution in [1.29, 1.82) is 0 Å². The number of ether oxygens (including phenoxy) is 7. The molecule has 0 aromatic heterocycles. The third-order valence-electron chi connectivity index (χ3n) is 11.9. The molecule has 0 aliphatic carbocycles. The Morgan fingerprint density at radius 1 is 0.772 bits per heavy atom. The van der Waals surface area contributed by atoms with Crippen molar-refractivity contribution in [3.05, 3.63) is 88.0 Å². The number of quaternary nitrogens is 2. The zero-order valence-corrected chi connectivity index (χ0v) is 33.8. The number of hydrogen-bond donors (Lipinski definition) is 2. The van der Waals surface area contributed by atoms with E-state index in [1.807, 2.05) is 30.3 Å². The molecule has 0 saturated carbocycles. The van der Waals surface area contributed by atoms with E-state index in [4.69, 9.17) is 33.2 Å². The molecule has 3 aliphatic rings. The summed E-state index contributed by atoms with van der Waals surface area (Å²) in [4.78, 5) is 25.1. The molecule has 13 nitrogen and oxygen atoms in total. The van der Waals surface area contributed by atoms with Gasteiger partial charge in [-0.25, -0.2) is 9.59 Å². The number of esters is 2. The summed E-state index contributed by atoms with van der Waals surface area (Å²) in [5.74, 6) is 2.07. The van der Waals surface area contributed by atoms with E-state index in [9.17, 15) is 19.8 Å². The molecule has 2 N–H and O–H groups in total. The first-order chi connectivity index (χ1) is 27.6. The number of carbonyl (C=O) groups excluding carboxylic acids is 2. The molecule has 3 aromatic carbocycles. The van der Waals surface area contributed by atoms with Crippen LogP contribution in [0, 0.1) is 0 Å². The predicted octanol–water partition coefficient (Wildman–Crippen LogP) is 4.95. The molecule has 3 aliphatic heterocycles. The monoisotopic (exact) mass is 790 g/mol. The zero-order valence-electron chi connectivity index (χ0n) is 33.8. The van der Waals surface area contributed by atoms with E-state index in [-0.39, 0.29) is 39.3 Å². The van der Waals surface area contributed by atoms with Crippen molar-refractivity contribution in [2.45, 2.75) is 64.3 Å². The highest BCUT2D eigenvalue weighted by Gasteiger charge is 2.40. The van der Waals surface area contributed by atoms with Crippen LogP contribution in [0.2, 0.25) is 0 Å². The molecule has 1 fully saturated rings. The summed E-state index contributed by atoms with van der Waals surface area (Å²) in [5.41, 5.74) is 5.89. The van der Waals surface area contributed by atoms with Crippen LogP contribution in [0.25, 0.3) is 0 Å². The molecule has 0 spiro atoms. The molecule has 3 aromatic rings. The number of hydrogen-bond acceptors (Lipinski definition) is 11. The molecule has 0 bridgehead atoms. The van der Waals surface area contributed by atoms with Crippen LogP contribution in [0.5, 0.6) is 28.7 Å². The van der Waals surface area contributed by atoms with E-state index >= 15 is 0 Å². The van der Waals surface area contributed by atoms with Gasteiger partial charge in [0.2, 0.25) is 12.5 Å². The summed E-state index contributed by atoms with van der Waals surface area (Å²) in [6.45, 7) is 5.89. The molecule has 0 radical (unpaired) electrons. The minimum atomic E-state index is -0.595. The Morgan fingerprint density at radius 3 is 2.04 bits per heavy atom. The highest BCUT2D eigenvalue weighted by Crippen LogP contribution is 2.43. The average Bonchev–Trinajstić information content (AvgIpc) is 3.90. The van der Waals surface area contributed by atoms with Gasteiger partial charge in [0, 0.05) is 61.8 Å². The zero-order chi connectivity index (χ0) is 40.4. The molecule has 3 heterocycles. The first kappa shape index (κ1) is 41.8. The highest BCUT2D eigenvalue weighted by atomic mass is 16.7. The standard InChI is InChI=1S/C44H58N2O11/c1-45(18-13-33-25-34(28-47)35(29-48)26-36(33)37(45)21-32-23-40(51-2)44(53-4)41(24-32)52-3)14-7-19-54-42(49)11-12-43(50)55-20-8-17-46(15-5-6-16-46)27-31-9-10-38-39(22-31)57-30-56-38/h9-12,22-26,37,47-48H,5-8,13-21,27-30H2,1-4H3/q+2/t37-,45-/m1/s1. The van der Waals surface area contributed by atoms with Crippen LogP contribution >= 0.6 is 0 Å². The van der Waals surface area contributed by atoms with E-state index < -0.39 is 11.9 Å². The van der Waals surface area contributed by atoms with Crippen LogP contribution in [0.3, 0.4) is 0 Å². The molecule has 6 rings (SSSR count). The van der Waals surface area contributed by atoms with Crippen molar-refractivity contribution in [3.8, 4) is 28.7 Å². The largest absolute Gasteiger partial charge is 0.493 e. The Hall–Kier alpha value is -4.82. The van der Waals surface area contributed by atoms with E-state index in [0.717, 1.165) is 96.0 Å². The maximum Gasteiger partial charge on any atom is 0.331 e. The SMILES string of the molecule is COc1cc(C[C@@H]2c3cc(CO)c(CO)cc3CC[N@@+]2(C)CCCOC(=O)C=CC(=O)OCCC[N+]2(Cc3ccc4c(c3)OCO4)CCCC2)cc(OC)c1OC. The first-order valence-electron chi connectivity index (χ1n) is 19.9. The second-order valence-corrected chi connectivity index (χ2v) is 15.5. The molecule has 2 atom stereocenters. The topological polar surface area (TPSA) is 139 Å². The van der Waals surface area contributed by atoms with Crippen LogP contribution in [0.15, 0.2) is 54.6 Å². The van der Waals surface area contributed by atoms with Gasteiger partial charge in [-0.05, 0) is 58.7 Å². The third kappa shape index (κ3) is 10.0. The number of likely N-dealkylation sites (tertiary alicyclic amines) is 1. The van der Waals surface area contributed by atoms with Gasteiger partial charge in [0.1, 0.15) is 12.6 Å². The lowest BCUT2D eigenvalue weighted by atomic mass is 9.84. The van der Waals surface area contributed by atoms with Gasteiger partial charge in [0.05, 0.1) is 87.5 Å². The number of carbonyl (C=O) groups is 2. The van der Waals surface area contributed by atoms with Crippen LogP contribution < -0.4 is 23.7 Å². The molecule has 308 valence electrons. The lowest BCUT2D eigenvalue weighted by Gasteiger charge is -2.46. The number of methoxy groups -OCH3 is 3. The summed E-state index contributed by atoms with van der Waals surface area (Å²) in [5, 5.41) is 20.2. The number of aliphatic hydroxyl groups is 2. The summed E-state index contributed by atoms with van der Waals surface area (Å²) in [6.07, 6.45) is 7.36. The van der Waals surface area contributed by atoms with Crippen LogP contribution in [0.1, 0.15) is 65.1 Å². The minimum Gasteiger partial charge on any atom is -0.493 e. The van der Waals surface area contributed by atoms with Gasteiger partial charge < -0.3 is 52.3 Å². The van der Waals surface area contributed by atoms with Gasteiger partial charge >= 0.3 is 11.9 Å². The van der Waals surface area contributed by atoms with Gasteiger partial charge in [-0.1, -0.05) is 6.07 Å². The van der Waals surface area contributed by atoms with E-state index in [0.29, 0.717) is 46.7 Å².